The van der Waals surface area contributed by atoms with Crippen molar-refractivity contribution in [2.24, 2.45) is 5.92 Å². The number of nitrogens with one attached hydrogen (secondary N) is 1. The molecule has 0 aliphatic heterocycles. The molecular formula is C17H21NO5. The Labute approximate surface area is 134 Å². The van der Waals surface area contributed by atoms with E-state index in [1.54, 1.807) is 6.07 Å². The average molecular weight is 319 g/mol. The Morgan fingerprint density at radius 2 is 2.13 bits per heavy atom. The first kappa shape index (κ1) is 16.9. The van der Waals surface area contributed by atoms with Gasteiger partial charge in [0.25, 0.3) is 5.91 Å². The molecule has 2 rings (SSSR count). The first-order valence-electron chi connectivity index (χ1n) is 7.57. The number of phenols is 1. The minimum atomic E-state index is -0.500. The Kier molecular flexibility index (Phi) is 5.62. The lowest BCUT2D eigenvalue weighted by Gasteiger charge is -2.07. The molecule has 0 unspecified atom stereocenters. The number of phenolic OH excluding ortho intramolecular Hbond substituents is 1. The van der Waals surface area contributed by atoms with Crippen LogP contribution in [-0.4, -0.2) is 30.1 Å². The van der Waals surface area contributed by atoms with Crippen LogP contribution in [-0.2, 0) is 20.7 Å². The van der Waals surface area contributed by atoms with Crippen molar-refractivity contribution in [3.63, 3.8) is 0 Å². The number of furan rings is 1. The first-order valence-corrected chi connectivity index (χ1v) is 7.57. The van der Waals surface area contributed by atoms with Crippen molar-refractivity contribution in [3.8, 4) is 5.75 Å². The minimum Gasteiger partial charge on any atom is -0.508 e. The van der Waals surface area contributed by atoms with E-state index < -0.39 is 5.97 Å². The standard InChI is InChI=1S/C17H21NO5/c1-11(2)5-6-18-16(20)10-23-17(21)7-12-9-22-15-8-13(19)3-4-14(12)15/h3-4,8-9,11,19H,5-7,10H2,1-2H3,(H,18,20). The van der Waals surface area contributed by atoms with E-state index in [-0.39, 0.29) is 24.7 Å². The second kappa shape index (κ2) is 7.67. The summed E-state index contributed by atoms with van der Waals surface area (Å²) in [5.74, 6) is -0.202. The normalized spacial score (nSPS) is 10.9. The lowest BCUT2D eigenvalue weighted by Crippen LogP contribution is -2.30. The van der Waals surface area contributed by atoms with Gasteiger partial charge in [0.05, 0.1) is 12.7 Å². The molecule has 124 valence electrons. The van der Waals surface area contributed by atoms with Crippen molar-refractivity contribution in [2.75, 3.05) is 13.2 Å². The third-order valence-corrected chi connectivity index (χ3v) is 3.38. The second-order valence-corrected chi connectivity index (χ2v) is 5.81. The lowest BCUT2D eigenvalue weighted by molar-refractivity contribution is -0.147. The number of esters is 1. The Hall–Kier alpha value is -2.50. The Morgan fingerprint density at radius 3 is 2.87 bits per heavy atom. The van der Waals surface area contributed by atoms with E-state index in [1.165, 1.54) is 18.4 Å². The molecule has 0 saturated carbocycles. The van der Waals surface area contributed by atoms with Crippen molar-refractivity contribution in [3.05, 3.63) is 30.0 Å². The van der Waals surface area contributed by atoms with Crippen LogP contribution in [0.15, 0.2) is 28.9 Å². The number of carbonyl (C=O) groups is 2. The van der Waals surface area contributed by atoms with Crippen LogP contribution in [0.3, 0.4) is 0 Å². The zero-order valence-electron chi connectivity index (χ0n) is 13.3. The maximum Gasteiger partial charge on any atom is 0.310 e. The molecule has 1 amide bonds. The van der Waals surface area contributed by atoms with E-state index in [0.717, 1.165) is 11.8 Å². The average Bonchev–Trinajstić information content (AvgIpc) is 2.87. The molecule has 1 heterocycles. The van der Waals surface area contributed by atoms with Gasteiger partial charge in [-0.2, -0.15) is 0 Å². The molecule has 2 aromatic rings. The molecule has 0 atom stereocenters. The van der Waals surface area contributed by atoms with Gasteiger partial charge in [-0.3, -0.25) is 9.59 Å². The molecule has 6 heteroatoms. The Balaban J connectivity index is 1.81. The van der Waals surface area contributed by atoms with Crippen molar-refractivity contribution >= 4 is 22.8 Å². The molecule has 6 nitrogen and oxygen atoms in total. The summed E-state index contributed by atoms with van der Waals surface area (Å²) >= 11 is 0. The number of benzene rings is 1. The summed E-state index contributed by atoms with van der Waals surface area (Å²) in [6, 6.07) is 4.68. The van der Waals surface area contributed by atoms with Gasteiger partial charge in [-0.05, 0) is 24.5 Å². The summed E-state index contributed by atoms with van der Waals surface area (Å²) in [4.78, 5) is 23.4. The third kappa shape index (κ3) is 5.02. The van der Waals surface area contributed by atoms with E-state index in [1.807, 2.05) is 0 Å². The number of ether oxygens (including phenoxy) is 1. The monoisotopic (exact) mass is 319 g/mol. The smallest absolute Gasteiger partial charge is 0.310 e. The molecular weight excluding hydrogens is 298 g/mol. The number of amides is 1. The first-order chi connectivity index (χ1) is 11.0. The Bertz CT molecular complexity index is 689. The van der Waals surface area contributed by atoms with E-state index >= 15 is 0 Å². The minimum absolute atomic E-state index is 0.0110. The lowest BCUT2D eigenvalue weighted by atomic mass is 10.1. The van der Waals surface area contributed by atoms with Crippen LogP contribution in [0.5, 0.6) is 5.75 Å². The molecule has 1 aromatic heterocycles. The summed E-state index contributed by atoms with van der Waals surface area (Å²) < 4.78 is 10.3. The number of hydrogen-bond acceptors (Lipinski definition) is 5. The van der Waals surface area contributed by atoms with E-state index in [2.05, 4.69) is 19.2 Å². The SMILES string of the molecule is CC(C)CCNC(=O)COC(=O)Cc1coc2cc(O)ccc12. The highest BCUT2D eigenvalue weighted by molar-refractivity contribution is 5.87. The van der Waals surface area contributed by atoms with Crippen LogP contribution in [0.1, 0.15) is 25.8 Å². The predicted molar refractivity (Wildman–Crippen MR) is 85.0 cm³/mol. The zero-order valence-corrected chi connectivity index (χ0v) is 13.3. The molecule has 0 aliphatic carbocycles. The molecule has 0 aliphatic rings. The highest BCUT2D eigenvalue weighted by atomic mass is 16.5. The largest absolute Gasteiger partial charge is 0.508 e. The fourth-order valence-electron chi connectivity index (χ4n) is 2.11. The fourth-order valence-corrected chi connectivity index (χ4v) is 2.11. The molecule has 0 bridgehead atoms. The van der Waals surface area contributed by atoms with Crippen molar-refractivity contribution < 1.29 is 23.8 Å². The highest BCUT2D eigenvalue weighted by Gasteiger charge is 2.13. The van der Waals surface area contributed by atoms with Crippen molar-refractivity contribution in [1.82, 2.24) is 5.32 Å². The van der Waals surface area contributed by atoms with Gasteiger partial charge in [-0.25, -0.2) is 0 Å². The predicted octanol–water partition coefficient (Wildman–Crippen LogP) is 2.39. The van der Waals surface area contributed by atoms with Crippen LogP contribution >= 0.6 is 0 Å². The summed E-state index contributed by atoms with van der Waals surface area (Å²) in [5, 5.41) is 12.8. The highest BCUT2D eigenvalue weighted by Crippen LogP contribution is 2.25. The maximum atomic E-state index is 11.8. The van der Waals surface area contributed by atoms with Gasteiger partial charge < -0.3 is 19.6 Å². The third-order valence-electron chi connectivity index (χ3n) is 3.38. The quantitative estimate of drug-likeness (QED) is 0.765. The summed E-state index contributed by atoms with van der Waals surface area (Å²) in [7, 11) is 0. The second-order valence-electron chi connectivity index (χ2n) is 5.81. The van der Waals surface area contributed by atoms with Gasteiger partial charge in [0.1, 0.15) is 11.3 Å². The van der Waals surface area contributed by atoms with Crippen LogP contribution in [0.4, 0.5) is 0 Å². The van der Waals surface area contributed by atoms with Crippen molar-refractivity contribution in [1.29, 1.82) is 0 Å². The van der Waals surface area contributed by atoms with E-state index in [0.29, 0.717) is 23.6 Å². The molecule has 0 saturated heterocycles. The van der Waals surface area contributed by atoms with Gasteiger partial charge in [0, 0.05) is 23.6 Å². The van der Waals surface area contributed by atoms with Gasteiger partial charge >= 0.3 is 5.97 Å². The molecule has 0 spiro atoms. The van der Waals surface area contributed by atoms with E-state index in [4.69, 9.17) is 9.15 Å². The number of aromatic hydroxyl groups is 1. The molecule has 2 N–H and O–H groups in total. The topological polar surface area (TPSA) is 88.8 Å². The van der Waals surface area contributed by atoms with Crippen molar-refractivity contribution in [2.45, 2.75) is 26.7 Å². The molecule has 23 heavy (non-hydrogen) atoms. The zero-order chi connectivity index (χ0) is 16.8. The number of fused-ring (bicyclic) bond motifs is 1. The number of hydrogen-bond donors (Lipinski definition) is 2. The Morgan fingerprint density at radius 1 is 1.35 bits per heavy atom. The van der Waals surface area contributed by atoms with Gasteiger partial charge in [-0.15, -0.1) is 0 Å². The van der Waals surface area contributed by atoms with E-state index in [9.17, 15) is 14.7 Å². The van der Waals surface area contributed by atoms with Crippen LogP contribution < -0.4 is 5.32 Å². The van der Waals surface area contributed by atoms with Gasteiger partial charge in [0.2, 0.25) is 0 Å². The van der Waals surface area contributed by atoms with Crippen LogP contribution in [0.2, 0.25) is 0 Å². The molecule has 1 aromatic carbocycles. The van der Waals surface area contributed by atoms with Gasteiger partial charge in [0.15, 0.2) is 6.61 Å². The fraction of sp³-hybridized carbons (Fsp3) is 0.412. The van der Waals surface area contributed by atoms with Crippen LogP contribution in [0.25, 0.3) is 11.0 Å². The number of carbonyl (C=O) groups excluding carboxylic acids is 2. The number of rotatable bonds is 7. The molecule has 0 fully saturated rings. The summed E-state index contributed by atoms with van der Waals surface area (Å²) in [6.07, 6.45) is 2.35. The summed E-state index contributed by atoms with van der Waals surface area (Å²) in [6.45, 7) is 4.43. The van der Waals surface area contributed by atoms with Crippen LogP contribution in [0, 0.1) is 5.92 Å². The van der Waals surface area contributed by atoms with Gasteiger partial charge in [-0.1, -0.05) is 13.8 Å². The maximum absolute atomic E-state index is 11.8. The summed E-state index contributed by atoms with van der Waals surface area (Å²) in [5.41, 5.74) is 1.16. The molecule has 0 radical (unpaired) electrons.